The summed E-state index contributed by atoms with van der Waals surface area (Å²) in [6, 6.07) is 2.92. The summed E-state index contributed by atoms with van der Waals surface area (Å²) in [7, 11) is 0. The van der Waals surface area contributed by atoms with Crippen LogP contribution in [0.25, 0.3) is 0 Å². The molecule has 0 radical (unpaired) electrons. The van der Waals surface area contributed by atoms with Crippen LogP contribution in [-0.2, 0) is 23.8 Å². The van der Waals surface area contributed by atoms with Gasteiger partial charge in [-0.05, 0) is 49.3 Å². The van der Waals surface area contributed by atoms with E-state index in [1.54, 1.807) is 13.8 Å². The molecule has 0 bridgehead atoms. The van der Waals surface area contributed by atoms with Crippen LogP contribution in [0.4, 0.5) is 9.59 Å². The molecule has 0 spiro atoms. The van der Waals surface area contributed by atoms with E-state index in [1.165, 1.54) is 18.2 Å². The van der Waals surface area contributed by atoms with Crippen LogP contribution in [0.2, 0.25) is 0 Å². The van der Waals surface area contributed by atoms with Gasteiger partial charge in [-0.1, -0.05) is 72.8 Å². The molecule has 0 heterocycles. The molecule has 11 heteroatoms. The van der Waals surface area contributed by atoms with Crippen molar-refractivity contribution in [1.29, 1.82) is 0 Å². The number of aliphatic carboxylic acids is 1. The molecule has 0 aliphatic heterocycles. The molecule has 0 aromatic heterocycles. The number of ether oxygens (including phenoxy) is 5. The Labute approximate surface area is 254 Å². The maximum absolute atomic E-state index is 12.8. The molecule has 11 nitrogen and oxygen atoms in total. The Morgan fingerprint density at radius 3 is 1.91 bits per heavy atom. The Morgan fingerprint density at radius 1 is 0.860 bits per heavy atom. The zero-order chi connectivity index (χ0) is 32.1. The van der Waals surface area contributed by atoms with Gasteiger partial charge >= 0.3 is 24.2 Å². The summed E-state index contributed by atoms with van der Waals surface area (Å²) in [6.07, 6.45) is 3.50. The molecule has 1 fully saturated rings. The summed E-state index contributed by atoms with van der Waals surface area (Å²) in [5.41, 5.74) is 6.56. The zero-order valence-electron chi connectivity index (χ0n) is 26.3. The first-order chi connectivity index (χ1) is 20.4. The molecule has 5 unspecified atom stereocenters. The van der Waals surface area contributed by atoms with Crippen molar-refractivity contribution in [2.75, 3.05) is 13.2 Å². The summed E-state index contributed by atoms with van der Waals surface area (Å²) in [6.45, 7) is 11.5. The summed E-state index contributed by atoms with van der Waals surface area (Å²) in [5.74, 6) is -3.21. The number of esters is 1. The third kappa shape index (κ3) is 11.3. The predicted molar refractivity (Wildman–Crippen MR) is 159 cm³/mol. The first-order valence-electron chi connectivity index (χ1n) is 15.4. The maximum Gasteiger partial charge on any atom is 0.513 e. The van der Waals surface area contributed by atoms with Crippen molar-refractivity contribution in [2.45, 2.75) is 105 Å². The lowest BCUT2D eigenvalue weighted by Gasteiger charge is -2.33. The van der Waals surface area contributed by atoms with Gasteiger partial charge in [0, 0.05) is 11.8 Å². The van der Waals surface area contributed by atoms with Crippen LogP contribution in [0.5, 0.6) is 11.5 Å². The van der Waals surface area contributed by atoms with E-state index in [0.29, 0.717) is 5.56 Å². The van der Waals surface area contributed by atoms with Crippen LogP contribution in [0.3, 0.4) is 0 Å². The summed E-state index contributed by atoms with van der Waals surface area (Å²) >= 11 is 0. The van der Waals surface area contributed by atoms with Gasteiger partial charge in [-0.2, -0.15) is 0 Å². The van der Waals surface area contributed by atoms with Crippen LogP contribution < -0.4 is 15.2 Å². The molecular weight excluding hydrogens is 558 g/mol. The lowest BCUT2D eigenvalue weighted by Crippen LogP contribution is -2.43. The normalized spacial score (nSPS) is 17.8. The van der Waals surface area contributed by atoms with Gasteiger partial charge in [-0.3, -0.25) is 9.59 Å². The highest BCUT2D eigenvalue weighted by atomic mass is 16.7. The van der Waals surface area contributed by atoms with Gasteiger partial charge in [0.15, 0.2) is 11.5 Å². The third-order valence-corrected chi connectivity index (χ3v) is 8.32. The van der Waals surface area contributed by atoms with E-state index in [1.807, 2.05) is 27.7 Å². The molecule has 0 saturated heterocycles. The highest BCUT2D eigenvalue weighted by Crippen LogP contribution is 2.38. The second kappa shape index (κ2) is 17.7. The zero-order valence-corrected chi connectivity index (χ0v) is 26.3. The van der Waals surface area contributed by atoms with Crippen molar-refractivity contribution < 1.29 is 48.0 Å². The minimum atomic E-state index is -1.39. The molecule has 1 aromatic carbocycles. The highest BCUT2D eigenvalue weighted by molar-refractivity contribution is 5.75. The lowest BCUT2D eigenvalue weighted by molar-refractivity contribution is -0.157. The smallest absolute Gasteiger partial charge is 0.480 e. The van der Waals surface area contributed by atoms with Gasteiger partial charge in [-0.25, -0.2) is 9.59 Å². The number of benzene rings is 1. The largest absolute Gasteiger partial charge is 0.513 e. The third-order valence-electron chi connectivity index (χ3n) is 8.32. The number of carboxylic acid groups (broad SMARTS) is 1. The number of carbonyl (C=O) groups is 4. The maximum atomic E-state index is 12.8. The SMILES string of the molecule is CCC(C)COC(=O)Oc1ccc(C(C(C)C(C)OC(=O)C2CCCCC2)[C@H](N)C(=O)O)cc1OC(=O)OCC(C)CC. The Balaban J connectivity index is 2.37. The van der Waals surface area contributed by atoms with Crippen molar-refractivity contribution in [1.82, 2.24) is 0 Å². The second-order valence-electron chi connectivity index (χ2n) is 11.8. The van der Waals surface area contributed by atoms with Crippen LogP contribution in [-0.4, -0.2) is 54.7 Å². The Hall–Kier alpha value is -3.34. The van der Waals surface area contributed by atoms with Crippen LogP contribution in [0.1, 0.15) is 98.0 Å². The molecule has 1 saturated carbocycles. The fourth-order valence-corrected chi connectivity index (χ4v) is 4.80. The van der Waals surface area contributed by atoms with E-state index < -0.39 is 42.3 Å². The molecule has 0 amide bonds. The van der Waals surface area contributed by atoms with Crippen molar-refractivity contribution in [3.8, 4) is 11.5 Å². The van der Waals surface area contributed by atoms with E-state index in [9.17, 15) is 24.3 Å². The number of carbonyl (C=O) groups excluding carboxylic acids is 3. The number of carboxylic acids is 1. The van der Waals surface area contributed by atoms with Crippen molar-refractivity contribution in [3.63, 3.8) is 0 Å². The first kappa shape index (κ1) is 35.9. The summed E-state index contributed by atoms with van der Waals surface area (Å²) < 4.78 is 27.0. The van der Waals surface area contributed by atoms with Gasteiger partial charge in [0.05, 0.1) is 19.1 Å². The number of rotatable bonds is 15. The van der Waals surface area contributed by atoms with Gasteiger partial charge in [-0.15, -0.1) is 0 Å². The van der Waals surface area contributed by atoms with Crippen molar-refractivity contribution >= 4 is 24.2 Å². The van der Waals surface area contributed by atoms with Crippen LogP contribution in [0, 0.1) is 23.7 Å². The average molecular weight is 608 g/mol. The molecule has 43 heavy (non-hydrogen) atoms. The van der Waals surface area contributed by atoms with Gasteiger partial charge < -0.3 is 34.5 Å². The van der Waals surface area contributed by atoms with E-state index in [0.717, 1.165) is 44.9 Å². The van der Waals surface area contributed by atoms with E-state index in [-0.39, 0.29) is 48.4 Å². The summed E-state index contributed by atoms with van der Waals surface area (Å²) in [4.78, 5) is 49.9. The Bertz CT molecular complexity index is 1070. The first-order valence-corrected chi connectivity index (χ1v) is 15.4. The minimum absolute atomic E-state index is 0.0988. The van der Waals surface area contributed by atoms with Gasteiger partial charge in [0.2, 0.25) is 0 Å². The standard InChI is InChI=1S/C32H49NO10/c1-7-19(3)17-39-31(37)42-25-15-14-24(16-26(25)43-32(38)40-18-20(4)8-2)27(28(33)29(34)35)21(5)22(6)41-30(36)23-12-10-9-11-13-23/h14-16,19-23,27-28H,7-13,17-18,33H2,1-6H3,(H,34,35)/t19?,20?,21?,22?,27?,28-/m0/s1. The van der Waals surface area contributed by atoms with Gasteiger partial charge in [0.1, 0.15) is 12.1 Å². The fraction of sp³-hybridized carbons (Fsp3) is 0.688. The Kier molecular flexibility index (Phi) is 14.8. The average Bonchev–Trinajstić information content (AvgIpc) is 2.99. The van der Waals surface area contributed by atoms with Crippen LogP contribution >= 0.6 is 0 Å². The van der Waals surface area contributed by atoms with Crippen molar-refractivity contribution in [3.05, 3.63) is 23.8 Å². The van der Waals surface area contributed by atoms with Crippen molar-refractivity contribution in [2.24, 2.45) is 29.4 Å². The number of nitrogens with two attached hydrogens (primary N) is 1. The number of hydrogen-bond donors (Lipinski definition) is 2. The predicted octanol–water partition coefficient (Wildman–Crippen LogP) is 6.45. The molecule has 1 aliphatic carbocycles. The molecule has 1 aromatic rings. The van der Waals surface area contributed by atoms with Crippen LogP contribution in [0.15, 0.2) is 18.2 Å². The topological polar surface area (TPSA) is 161 Å². The molecular formula is C32H49NO10. The monoisotopic (exact) mass is 607 g/mol. The molecule has 6 atom stereocenters. The van der Waals surface area contributed by atoms with E-state index >= 15 is 0 Å². The minimum Gasteiger partial charge on any atom is -0.480 e. The fourth-order valence-electron chi connectivity index (χ4n) is 4.80. The van der Waals surface area contributed by atoms with E-state index in [4.69, 9.17) is 29.4 Å². The lowest BCUT2D eigenvalue weighted by atomic mass is 9.79. The highest BCUT2D eigenvalue weighted by Gasteiger charge is 2.37. The molecule has 242 valence electrons. The molecule has 3 N–H and O–H groups in total. The quantitative estimate of drug-likeness (QED) is 0.128. The molecule has 2 rings (SSSR count). The second-order valence-corrected chi connectivity index (χ2v) is 11.8. The summed E-state index contributed by atoms with van der Waals surface area (Å²) in [5, 5.41) is 9.86. The van der Waals surface area contributed by atoms with Gasteiger partial charge in [0.25, 0.3) is 0 Å². The Morgan fingerprint density at radius 2 is 1.40 bits per heavy atom. The van der Waals surface area contributed by atoms with E-state index in [2.05, 4.69) is 0 Å². The number of hydrogen-bond acceptors (Lipinski definition) is 10. The molecule has 1 aliphatic rings.